The highest BCUT2D eigenvalue weighted by Crippen LogP contribution is 2.41. The van der Waals surface area contributed by atoms with E-state index in [1.807, 2.05) is 6.92 Å². The Morgan fingerprint density at radius 1 is 1.17 bits per heavy atom. The van der Waals surface area contributed by atoms with Crippen LogP contribution in [0.1, 0.15) is 44.6 Å². The molecule has 1 aromatic rings. The van der Waals surface area contributed by atoms with E-state index in [1.54, 1.807) is 18.2 Å². The highest BCUT2D eigenvalue weighted by Gasteiger charge is 2.42. The summed E-state index contributed by atoms with van der Waals surface area (Å²) in [6.07, 6.45) is 2.75. The summed E-state index contributed by atoms with van der Waals surface area (Å²) in [6.45, 7) is 3.27. The number of carboxylic acid groups (broad SMARTS) is 1. The van der Waals surface area contributed by atoms with Crippen LogP contribution in [0, 0.1) is 12.3 Å². The first-order valence-electron chi connectivity index (χ1n) is 7.74. The highest BCUT2D eigenvalue weighted by molar-refractivity contribution is 5.96. The molecule has 1 aliphatic rings. The first kappa shape index (κ1) is 17.0. The summed E-state index contributed by atoms with van der Waals surface area (Å²) >= 11 is 0. The van der Waals surface area contributed by atoms with E-state index in [2.05, 4.69) is 10.6 Å². The molecule has 1 saturated carbocycles. The average molecular weight is 318 g/mol. The molecule has 1 aliphatic carbocycles. The van der Waals surface area contributed by atoms with Gasteiger partial charge in [0, 0.05) is 24.7 Å². The standard InChI is InChI=1S/C17H22N2O4/c1-11-5-6-13(9-14(11)18-12(2)20)19-15(21)10-17(16(22)23)7-3-4-8-17/h5-6,9H,3-4,7-8,10H2,1-2H3,(H,18,20)(H,19,21)(H,22,23). The van der Waals surface area contributed by atoms with Crippen molar-refractivity contribution in [3.8, 4) is 0 Å². The van der Waals surface area contributed by atoms with Crippen LogP contribution in [0.15, 0.2) is 18.2 Å². The summed E-state index contributed by atoms with van der Waals surface area (Å²) in [6, 6.07) is 5.21. The van der Waals surface area contributed by atoms with Gasteiger partial charge in [-0.3, -0.25) is 14.4 Å². The van der Waals surface area contributed by atoms with E-state index < -0.39 is 11.4 Å². The van der Waals surface area contributed by atoms with E-state index in [4.69, 9.17) is 0 Å². The van der Waals surface area contributed by atoms with Gasteiger partial charge in [0.15, 0.2) is 0 Å². The van der Waals surface area contributed by atoms with Gasteiger partial charge in [0.1, 0.15) is 0 Å². The first-order valence-corrected chi connectivity index (χ1v) is 7.74. The average Bonchev–Trinajstić information content (AvgIpc) is 2.91. The van der Waals surface area contributed by atoms with Crippen molar-refractivity contribution in [1.82, 2.24) is 0 Å². The maximum atomic E-state index is 12.2. The fourth-order valence-corrected chi connectivity index (χ4v) is 3.05. The van der Waals surface area contributed by atoms with Crippen LogP contribution >= 0.6 is 0 Å². The van der Waals surface area contributed by atoms with Crippen LogP contribution in [0.2, 0.25) is 0 Å². The molecule has 2 rings (SSSR count). The lowest BCUT2D eigenvalue weighted by Gasteiger charge is -2.23. The second kappa shape index (κ2) is 6.81. The van der Waals surface area contributed by atoms with Crippen molar-refractivity contribution < 1.29 is 19.5 Å². The lowest BCUT2D eigenvalue weighted by atomic mass is 9.82. The molecule has 0 unspecified atom stereocenters. The Morgan fingerprint density at radius 2 is 1.83 bits per heavy atom. The fraction of sp³-hybridized carbons (Fsp3) is 0.471. The summed E-state index contributed by atoms with van der Waals surface area (Å²) in [5.41, 5.74) is 1.12. The van der Waals surface area contributed by atoms with Crippen LogP contribution in [-0.2, 0) is 14.4 Å². The van der Waals surface area contributed by atoms with Gasteiger partial charge in [0.05, 0.1) is 5.41 Å². The topological polar surface area (TPSA) is 95.5 Å². The van der Waals surface area contributed by atoms with Gasteiger partial charge in [-0.25, -0.2) is 0 Å². The molecule has 0 aromatic heterocycles. The predicted octanol–water partition coefficient (Wildman–Crippen LogP) is 2.93. The Bertz CT molecular complexity index is 633. The first-order chi connectivity index (χ1) is 10.8. The minimum absolute atomic E-state index is 0.0221. The van der Waals surface area contributed by atoms with Crippen molar-refractivity contribution in [2.45, 2.75) is 46.0 Å². The van der Waals surface area contributed by atoms with E-state index in [0.717, 1.165) is 18.4 Å². The van der Waals surface area contributed by atoms with Crippen LogP contribution in [0.25, 0.3) is 0 Å². The number of hydrogen-bond donors (Lipinski definition) is 3. The molecule has 3 N–H and O–H groups in total. The molecule has 124 valence electrons. The van der Waals surface area contributed by atoms with Crippen molar-refractivity contribution in [2.24, 2.45) is 5.41 Å². The van der Waals surface area contributed by atoms with E-state index in [9.17, 15) is 19.5 Å². The van der Waals surface area contributed by atoms with Crippen LogP contribution in [0.4, 0.5) is 11.4 Å². The fourth-order valence-electron chi connectivity index (χ4n) is 3.05. The molecule has 0 aliphatic heterocycles. The van der Waals surface area contributed by atoms with Gasteiger partial charge in [-0.2, -0.15) is 0 Å². The number of benzene rings is 1. The lowest BCUT2D eigenvalue weighted by Crippen LogP contribution is -2.32. The van der Waals surface area contributed by atoms with Gasteiger partial charge < -0.3 is 15.7 Å². The molecular formula is C17H22N2O4. The number of carboxylic acids is 1. The number of aliphatic carboxylic acids is 1. The summed E-state index contributed by atoms with van der Waals surface area (Å²) in [4.78, 5) is 34.9. The lowest BCUT2D eigenvalue weighted by molar-refractivity contribution is -0.150. The number of carbonyl (C=O) groups is 3. The molecule has 6 nitrogen and oxygen atoms in total. The van der Waals surface area contributed by atoms with E-state index >= 15 is 0 Å². The molecule has 0 heterocycles. The molecule has 23 heavy (non-hydrogen) atoms. The third-order valence-electron chi connectivity index (χ3n) is 4.35. The number of carbonyl (C=O) groups excluding carboxylic acids is 2. The maximum Gasteiger partial charge on any atom is 0.310 e. The Hall–Kier alpha value is -2.37. The van der Waals surface area contributed by atoms with Crippen molar-refractivity contribution in [1.29, 1.82) is 0 Å². The second-order valence-electron chi connectivity index (χ2n) is 6.23. The molecule has 0 bridgehead atoms. The van der Waals surface area contributed by atoms with Gasteiger partial charge in [-0.15, -0.1) is 0 Å². The van der Waals surface area contributed by atoms with Crippen LogP contribution in [-0.4, -0.2) is 22.9 Å². The second-order valence-corrected chi connectivity index (χ2v) is 6.23. The summed E-state index contributed by atoms with van der Waals surface area (Å²) in [5.74, 6) is -1.40. The van der Waals surface area contributed by atoms with Crippen molar-refractivity contribution >= 4 is 29.2 Å². The molecule has 1 fully saturated rings. The molecule has 0 atom stereocenters. The zero-order valence-electron chi connectivity index (χ0n) is 13.4. The van der Waals surface area contributed by atoms with E-state index in [0.29, 0.717) is 24.2 Å². The molecule has 0 spiro atoms. The summed E-state index contributed by atoms with van der Waals surface area (Å²) in [7, 11) is 0. The largest absolute Gasteiger partial charge is 0.481 e. The van der Waals surface area contributed by atoms with Gasteiger partial charge >= 0.3 is 5.97 Å². The van der Waals surface area contributed by atoms with Crippen molar-refractivity contribution in [3.63, 3.8) is 0 Å². The quantitative estimate of drug-likeness (QED) is 0.778. The van der Waals surface area contributed by atoms with Crippen molar-refractivity contribution in [2.75, 3.05) is 10.6 Å². The monoisotopic (exact) mass is 318 g/mol. The molecular weight excluding hydrogens is 296 g/mol. The smallest absolute Gasteiger partial charge is 0.310 e. The molecule has 2 amide bonds. The number of amides is 2. The number of nitrogens with one attached hydrogen (secondary N) is 2. The number of anilines is 2. The third kappa shape index (κ3) is 4.09. The molecule has 0 saturated heterocycles. The number of aryl methyl sites for hydroxylation is 1. The third-order valence-corrected chi connectivity index (χ3v) is 4.35. The Labute approximate surface area is 135 Å². The Balaban J connectivity index is 2.08. The SMILES string of the molecule is CC(=O)Nc1cc(NC(=O)CC2(C(=O)O)CCCC2)ccc1C. The van der Waals surface area contributed by atoms with Crippen molar-refractivity contribution in [3.05, 3.63) is 23.8 Å². The molecule has 1 aromatic carbocycles. The van der Waals surface area contributed by atoms with Crippen LogP contribution in [0.3, 0.4) is 0 Å². The Morgan fingerprint density at radius 3 is 2.39 bits per heavy atom. The number of rotatable bonds is 5. The van der Waals surface area contributed by atoms with Gasteiger partial charge in [0.25, 0.3) is 0 Å². The predicted molar refractivity (Wildman–Crippen MR) is 87.3 cm³/mol. The minimum Gasteiger partial charge on any atom is -0.481 e. The van der Waals surface area contributed by atoms with Gasteiger partial charge in [0.2, 0.25) is 11.8 Å². The molecule has 0 radical (unpaired) electrons. The van der Waals surface area contributed by atoms with E-state index in [1.165, 1.54) is 6.92 Å². The number of hydrogen-bond acceptors (Lipinski definition) is 3. The highest BCUT2D eigenvalue weighted by atomic mass is 16.4. The summed E-state index contributed by atoms with van der Waals surface area (Å²) in [5, 5.41) is 14.9. The van der Waals surface area contributed by atoms with Gasteiger partial charge in [-0.05, 0) is 37.5 Å². The Kier molecular flexibility index (Phi) is 5.03. The van der Waals surface area contributed by atoms with Crippen LogP contribution < -0.4 is 10.6 Å². The minimum atomic E-state index is -0.935. The van der Waals surface area contributed by atoms with E-state index in [-0.39, 0.29) is 18.2 Å². The van der Waals surface area contributed by atoms with Gasteiger partial charge in [-0.1, -0.05) is 18.9 Å². The normalized spacial score (nSPS) is 15.9. The zero-order valence-corrected chi connectivity index (χ0v) is 13.4. The summed E-state index contributed by atoms with van der Waals surface area (Å²) < 4.78 is 0. The molecule has 6 heteroatoms. The van der Waals surface area contributed by atoms with Crippen LogP contribution in [0.5, 0.6) is 0 Å². The zero-order chi connectivity index (χ0) is 17.0. The maximum absolute atomic E-state index is 12.2.